The van der Waals surface area contributed by atoms with E-state index in [1.807, 2.05) is 30.3 Å². The molecule has 3 aromatic rings. The van der Waals surface area contributed by atoms with E-state index < -0.39 is 0 Å². The number of nitrogens with zero attached hydrogens (tertiary/aromatic N) is 4. The SMILES string of the molecule is O=C(N[C@H]1COC[C@H]1Cc1ccncc1)c1ccccc1-n1cncn1. The van der Waals surface area contributed by atoms with Crippen LogP contribution in [0.5, 0.6) is 0 Å². The highest BCUT2D eigenvalue weighted by atomic mass is 16.5. The summed E-state index contributed by atoms with van der Waals surface area (Å²) >= 11 is 0. The van der Waals surface area contributed by atoms with Gasteiger partial charge in [-0.25, -0.2) is 9.67 Å². The molecule has 0 spiro atoms. The molecule has 1 N–H and O–H groups in total. The lowest BCUT2D eigenvalue weighted by Crippen LogP contribution is -2.41. The van der Waals surface area contributed by atoms with Crippen molar-refractivity contribution in [3.63, 3.8) is 0 Å². The van der Waals surface area contributed by atoms with Crippen molar-refractivity contribution in [1.82, 2.24) is 25.1 Å². The number of nitrogens with one attached hydrogen (secondary N) is 1. The average Bonchev–Trinajstić information content (AvgIpc) is 3.35. The fraction of sp³-hybridized carbons (Fsp3) is 0.263. The van der Waals surface area contributed by atoms with Crippen molar-refractivity contribution >= 4 is 5.91 Å². The number of benzene rings is 1. The van der Waals surface area contributed by atoms with Crippen molar-refractivity contribution in [2.75, 3.05) is 13.2 Å². The number of para-hydroxylation sites is 1. The summed E-state index contributed by atoms with van der Waals surface area (Å²) in [5, 5.41) is 7.25. The molecule has 7 nitrogen and oxygen atoms in total. The maximum absolute atomic E-state index is 12.9. The number of hydrogen-bond donors (Lipinski definition) is 1. The van der Waals surface area contributed by atoms with Gasteiger partial charge in [0.15, 0.2) is 0 Å². The summed E-state index contributed by atoms with van der Waals surface area (Å²) in [4.78, 5) is 20.9. The molecule has 1 amide bonds. The summed E-state index contributed by atoms with van der Waals surface area (Å²) in [5.74, 6) is 0.103. The van der Waals surface area contributed by atoms with Crippen LogP contribution in [0.3, 0.4) is 0 Å². The number of rotatable bonds is 5. The van der Waals surface area contributed by atoms with E-state index >= 15 is 0 Å². The predicted molar refractivity (Wildman–Crippen MR) is 94.9 cm³/mol. The highest BCUT2D eigenvalue weighted by Crippen LogP contribution is 2.20. The number of carbonyl (C=O) groups is 1. The van der Waals surface area contributed by atoms with Crippen LogP contribution >= 0.6 is 0 Å². The molecule has 132 valence electrons. The molecule has 0 aliphatic carbocycles. The van der Waals surface area contributed by atoms with Gasteiger partial charge in [0, 0.05) is 18.3 Å². The highest BCUT2D eigenvalue weighted by Gasteiger charge is 2.30. The Morgan fingerprint density at radius 1 is 1.15 bits per heavy atom. The third-order valence-corrected chi connectivity index (χ3v) is 4.58. The second-order valence-electron chi connectivity index (χ2n) is 6.29. The maximum Gasteiger partial charge on any atom is 0.253 e. The zero-order chi connectivity index (χ0) is 17.8. The van der Waals surface area contributed by atoms with Crippen molar-refractivity contribution in [1.29, 1.82) is 0 Å². The maximum atomic E-state index is 12.9. The summed E-state index contributed by atoms with van der Waals surface area (Å²) in [6.07, 6.45) is 7.44. The van der Waals surface area contributed by atoms with E-state index in [4.69, 9.17) is 4.74 Å². The molecule has 3 heterocycles. The zero-order valence-electron chi connectivity index (χ0n) is 14.2. The molecule has 4 rings (SSSR count). The van der Waals surface area contributed by atoms with Gasteiger partial charge >= 0.3 is 0 Å². The largest absolute Gasteiger partial charge is 0.379 e. The quantitative estimate of drug-likeness (QED) is 0.757. The molecule has 0 unspecified atom stereocenters. The second kappa shape index (κ2) is 7.45. The van der Waals surface area contributed by atoms with Gasteiger partial charge in [-0.15, -0.1) is 0 Å². The van der Waals surface area contributed by atoms with Gasteiger partial charge in [-0.1, -0.05) is 12.1 Å². The standard InChI is InChI=1S/C19H19N5O2/c25-19(16-3-1-2-4-18(16)24-13-21-12-22-24)23-17-11-26-10-15(17)9-14-5-7-20-8-6-14/h1-8,12-13,15,17H,9-11H2,(H,23,25)/t15-,17+/m1/s1. The number of ether oxygens (including phenoxy) is 1. The summed E-state index contributed by atoms with van der Waals surface area (Å²) < 4.78 is 7.22. The number of pyridine rings is 1. The first-order valence-corrected chi connectivity index (χ1v) is 8.53. The third-order valence-electron chi connectivity index (χ3n) is 4.58. The van der Waals surface area contributed by atoms with E-state index in [0.29, 0.717) is 24.5 Å². The molecule has 1 aromatic carbocycles. The van der Waals surface area contributed by atoms with Crippen LogP contribution in [0.1, 0.15) is 15.9 Å². The Bertz CT molecular complexity index is 867. The van der Waals surface area contributed by atoms with Crippen LogP contribution in [0.2, 0.25) is 0 Å². The van der Waals surface area contributed by atoms with Gasteiger partial charge in [0.1, 0.15) is 12.7 Å². The molecule has 1 aliphatic rings. The lowest BCUT2D eigenvalue weighted by atomic mass is 9.95. The Morgan fingerprint density at radius 3 is 2.81 bits per heavy atom. The molecule has 0 saturated carbocycles. The van der Waals surface area contributed by atoms with Crippen LogP contribution in [0.4, 0.5) is 0 Å². The van der Waals surface area contributed by atoms with Crippen molar-refractivity contribution in [3.8, 4) is 5.69 Å². The van der Waals surface area contributed by atoms with Gasteiger partial charge in [0.25, 0.3) is 5.91 Å². The topological polar surface area (TPSA) is 81.9 Å². The van der Waals surface area contributed by atoms with Crippen LogP contribution in [-0.2, 0) is 11.2 Å². The van der Waals surface area contributed by atoms with E-state index in [-0.39, 0.29) is 17.9 Å². The average molecular weight is 349 g/mol. The summed E-state index contributed by atoms with van der Waals surface area (Å²) in [6.45, 7) is 1.16. The molecule has 1 saturated heterocycles. The molecular weight excluding hydrogens is 330 g/mol. The number of carbonyl (C=O) groups excluding carboxylic acids is 1. The van der Waals surface area contributed by atoms with Crippen molar-refractivity contribution < 1.29 is 9.53 Å². The molecule has 0 bridgehead atoms. The van der Waals surface area contributed by atoms with Gasteiger partial charge in [-0.2, -0.15) is 5.10 Å². The Labute approximate surface area is 151 Å². The van der Waals surface area contributed by atoms with Gasteiger partial charge in [0.2, 0.25) is 0 Å². The predicted octanol–water partition coefficient (Wildman–Crippen LogP) is 1.65. The summed E-state index contributed by atoms with van der Waals surface area (Å²) in [7, 11) is 0. The first-order valence-electron chi connectivity index (χ1n) is 8.53. The summed E-state index contributed by atoms with van der Waals surface area (Å²) in [5.41, 5.74) is 2.46. The minimum absolute atomic E-state index is 0.0283. The van der Waals surface area contributed by atoms with Gasteiger partial charge < -0.3 is 10.1 Å². The minimum atomic E-state index is -0.133. The van der Waals surface area contributed by atoms with E-state index in [9.17, 15) is 4.79 Å². The second-order valence-corrected chi connectivity index (χ2v) is 6.29. The van der Waals surface area contributed by atoms with Crippen LogP contribution in [0.15, 0.2) is 61.4 Å². The van der Waals surface area contributed by atoms with E-state index in [2.05, 4.69) is 20.4 Å². The van der Waals surface area contributed by atoms with Crippen molar-refractivity contribution in [2.45, 2.75) is 12.5 Å². The fourth-order valence-electron chi connectivity index (χ4n) is 3.23. The van der Waals surface area contributed by atoms with Crippen molar-refractivity contribution in [3.05, 3.63) is 72.6 Å². The lowest BCUT2D eigenvalue weighted by Gasteiger charge is -2.20. The first-order chi connectivity index (χ1) is 12.8. The third kappa shape index (κ3) is 3.48. The van der Waals surface area contributed by atoms with Crippen LogP contribution < -0.4 is 5.32 Å². The van der Waals surface area contributed by atoms with E-state index in [1.54, 1.807) is 29.5 Å². The first kappa shape index (κ1) is 16.4. The smallest absolute Gasteiger partial charge is 0.253 e. The van der Waals surface area contributed by atoms with Crippen LogP contribution in [0, 0.1) is 5.92 Å². The number of amides is 1. The Hall–Kier alpha value is -3.06. The van der Waals surface area contributed by atoms with Gasteiger partial charge in [-0.3, -0.25) is 9.78 Å². The summed E-state index contributed by atoms with van der Waals surface area (Å²) in [6, 6.07) is 11.3. The molecule has 1 fully saturated rings. The zero-order valence-corrected chi connectivity index (χ0v) is 14.2. The van der Waals surface area contributed by atoms with Crippen LogP contribution in [0.25, 0.3) is 5.69 Å². The van der Waals surface area contributed by atoms with Gasteiger partial charge in [0.05, 0.1) is 30.5 Å². The molecule has 2 aromatic heterocycles. The monoisotopic (exact) mass is 349 g/mol. The fourth-order valence-corrected chi connectivity index (χ4v) is 3.23. The van der Waals surface area contributed by atoms with Crippen molar-refractivity contribution in [2.24, 2.45) is 5.92 Å². The number of aromatic nitrogens is 4. The molecule has 7 heteroatoms. The van der Waals surface area contributed by atoms with Crippen LogP contribution in [-0.4, -0.2) is 44.9 Å². The van der Waals surface area contributed by atoms with E-state index in [1.165, 1.54) is 11.9 Å². The van der Waals surface area contributed by atoms with E-state index in [0.717, 1.165) is 6.42 Å². The molecular formula is C19H19N5O2. The Kier molecular flexibility index (Phi) is 4.70. The lowest BCUT2D eigenvalue weighted by molar-refractivity contribution is 0.0925. The normalized spacial score (nSPS) is 19.4. The Morgan fingerprint density at radius 2 is 2.00 bits per heavy atom. The Balaban J connectivity index is 1.50. The minimum Gasteiger partial charge on any atom is -0.379 e. The highest BCUT2D eigenvalue weighted by molar-refractivity contribution is 5.97. The molecule has 1 aliphatic heterocycles. The van der Waals surface area contributed by atoms with Gasteiger partial charge in [-0.05, 0) is 36.2 Å². The molecule has 0 radical (unpaired) electrons. The number of hydrogen-bond acceptors (Lipinski definition) is 5. The molecule has 26 heavy (non-hydrogen) atoms. The molecule has 2 atom stereocenters.